The molecule has 0 bridgehead atoms. The van der Waals surface area contributed by atoms with E-state index in [4.69, 9.17) is 9.84 Å². The molecule has 0 heterocycles. The molecule has 0 fully saturated rings. The third kappa shape index (κ3) is 5.58. The van der Waals surface area contributed by atoms with E-state index >= 15 is 0 Å². The number of carbonyl (C=O) groups is 1. The van der Waals surface area contributed by atoms with Crippen molar-refractivity contribution < 1.29 is 14.6 Å². The first-order valence-corrected chi connectivity index (χ1v) is 7.12. The maximum atomic E-state index is 12.2. The Morgan fingerprint density at radius 2 is 2.24 bits per heavy atom. The fourth-order valence-electron chi connectivity index (χ4n) is 1.84. The van der Waals surface area contributed by atoms with E-state index in [-0.39, 0.29) is 18.6 Å². The topological polar surface area (TPSA) is 58.6 Å². The van der Waals surface area contributed by atoms with Gasteiger partial charge in [0.2, 0.25) is 0 Å². The molecule has 1 amide bonds. The summed E-state index contributed by atoms with van der Waals surface area (Å²) in [6, 6.07) is 5.47. The number of aryl methyl sites for hydroxylation is 1. The number of carbonyl (C=O) groups excluding carboxylic acids is 1. The van der Waals surface area contributed by atoms with Crippen molar-refractivity contribution in [2.24, 2.45) is 0 Å². The minimum atomic E-state index is -0.121. The van der Waals surface area contributed by atoms with Gasteiger partial charge in [0.1, 0.15) is 0 Å². The number of aliphatic hydroxyl groups is 1. The lowest BCUT2D eigenvalue weighted by atomic mass is 10.0. The van der Waals surface area contributed by atoms with Crippen LogP contribution in [0, 0.1) is 18.8 Å². The minimum absolute atomic E-state index is 0.00715. The van der Waals surface area contributed by atoms with E-state index in [9.17, 15) is 4.79 Å². The molecule has 0 saturated carbocycles. The van der Waals surface area contributed by atoms with Crippen LogP contribution in [0.15, 0.2) is 18.2 Å². The lowest BCUT2D eigenvalue weighted by molar-refractivity contribution is 0.0894. The molecule has 0 aliphatic carbocycles. The first kappa shape index (κ1) is 17.2. The number of rotatable bonds is 6. The van der Waals surface area contributed by atoms with Gasteiger partial charge in [-0.15, -0.1) is 0 Å². The molecule has 1 aromatic carbocycles. The molecule has 0 aromatic heterocycles. The number of ether oxygens (including phenoxy) is 1. The van der Waals surface area contributed by atoms with Crippen molar-refractivity contribution in [3.05, 3.63) is 34.9 Å². The van der Waals surface area contributed by atoms with Crippen LogP contribution in [-0.2, 0) is 4.74 Å². The third-order valence-electron chi connectivity index (χ3n) is 3.16. The molecule has 0 saturated heterocycles. The number of methoxy groups -OCH3 is 1. The summed E-state index contributed by atoms with van der Waals surface area (Å²) in [5, 5.41) is 11.7. The fourth-order valence-corrected chi connectivity index (χ4v) is 1.84. The lowest BCUT2D eigenvalue weighted by Gasteiger charge is -2.16. The highest BCUT2D eigenvalue weighted by atomic mass is 16.5. The quantitative estimate of drug-likeness (QED) is 0.786. The Balaban J connectivity index is 2.86. The van der Waals surface area contributed by atoms with Crippen LogP contribution < -0.4 is 5.32 Å². The maximum absolute atomic E-state index is 12.2. The highest BCUT2D eigenvalue weighted by Gasteiger charge is 2.12. The van der Waals surface area contributed by atoms with Gasteiger partial charge in [-0.1, -0.05) is 24.8 Å². The third-order valence-corrected chi connectivity index (χ3v) is 3.16. The average molecular weight is 289 g/mol. The van der Waals surface area contributed by atoms with E-state index < -0.39 is 0 Å². The molecule has 2 N–H and O–H groups in total. The second kappa shape index (κ2) is 9.17. The van der Waals surface area contributed by atoms with E-state index in [2.05, 4.69) is 17.2 Å². The summed E-state index contributed by atoms with van der Waals surface area (Å²) < 4.78 is 5.08. The molecule has 114 valence electrons. The Kier molecular flexibility index (Phi) is 7.52. The molecule has 1 aromatic rings. The zero-order valence-electron chi connectivity index (χ0n) is 12.9. The zero-order valence-corrected chi connectivity index (χ0v) is 12.9. The number of amides is 1. The standard InChI is InChI=1S/C17H23NO3/c1-4-16(12-21-3)18-17(20)15-9-8-13(2)14(11-15)7-5-6-10-19/h8-9,11,16,19H,4,6,10,12H2,1-3H3,(H,18,20). The Morgan fingerprint density at radius 3 is 2.86 bits per heavy atom. The van der Waals surface area contributed by atoms with Gasteiger partial charge in [0, 0.05) is 24.7 Å². The Morgan fingerprint density at radius 1 is 1.48 bits per heavy atom. The zero-order chi connectivity index (χ0) is 15.7. The summed E-state index contributed by atoms with van der Waals surface area (Å²) in [7, 11) is 1.62. The van der Waals surface area contributed by atoms with Crippen molar-refractivity contribution in [3.8, 4) is 11.8 Å². The Labute approximate surface area is 126 Å². The minimum Gasteiger partial charge on any atom is -0.395 e. The van der Waals surface area contributed by atoms with Gasteiger partial charge in [0.15, 0.2) is 0 Å². The van der Waals surface area contributed by atoms with Gasteiger partial charge in [-0.05, 0) is 31.0 Å². The molecule has 0 spiro atoms. The number of benzene rings is 1. The normalized spacial score (nSPS) is 11.4. The van der Waals surface area contributed by atoms with Crippen LogP contribution in [-0.4, -0.2) is 37.4 Å². The number of hydrogen-bond acceptors (Lipinski definition) is 3. The van der Waals surface area contributed by atoms with Gasteiger partial charge in [-0.2, -0.15) is 0 Å². The highest BCUT2D eigenvalue weighted by molar-refractivity contribution is 5.94. The molecule has 0 aliphatic rings. The van der Waals surface area contributed by atoms with Crippen molar-refractivity contribution in [3.63, 3.8) is 0 Å². The smallest absolute Gasteiger partial charge is 0.251 e. The number of nitrogens with one attached hydrogen (secondary N) is 1. The lowest BCUT2D eigenvalue weighted by Crippen LogP contribution is -2.37. The summed E-state index contributed by atoms with van der Waals surface area (Å²) in [4.78, 5) is 12.2. The Bertz CT molecular complexity index is 529. The predicted octanol–water partition coefficient (Wildman–Crippen LogP) is 1.88. The highest BCUT2D eigenvalue weighted by Crippen LogP contribution is 2.11. The molecule has 0 aliphatic heterocycles. The van der Waals surface area contributed by atoms with Gasteiger partial charge in [-0.25, -0.2) is 0 Å². The van der Waals surface area contributed by atoms with Gasteiger partial charge < -0.3 is 15.2 Å². The van der Waals surface area contributed by atoms with Crippen molar-refractivity contribution in [2.75, 3.05) is 20.3 Å². The van der Waals surface area contributed by atoms with E-state index in [1.165, 1.54) is 0 Å². The van der Waals surface area contributed by atoms with Crippen LogP contribution in [0.25, 0.3) is 0 Å². The molecule has 1 rings (SSSR count). The molecule has 0 radical (unpaired) electrons. The van der Waals surface area contributed by atoms with Crippen molar-refractivity contribution in [1.29, 1.82) is 0 Å². The summed E-state index contributed by atoms with van der Waals surface area (Å²) in [6.07, 6.45) is 1.25. The van der Waals surface area contributed by atoms with E-state index in [0.29, 0.717) is 18.6 Å². The number of aliphatic hydroxyl groups excluding tert-OH is 1. The SMILES string of the molecule is CCC(COC)NC(=O)c1ccc(C)c(C#CCCO)c1. The first-order chi connectivity index (χ1) is 10.1. The van der Waals surface area contributed by atoms with Gasteiger partial charge >= 0.3 is 0 Å². The van der Waals surface area contributed by atoms with Crippen molar-refractivity contribution in [2.45, 2.75) is 32.7 Å². The van der Waals surface area contributed by atoms with Crippen LogP contribution in [0.3, 0.4) is 0 Å². The van der Waals surface area contributed by atoms with E-state index in [1.807, 2.05) is 19.9 Å². The molecule has 4 nitrogen and oxygen atoms in total. The molecular weight excluding hydrogens is 266 g/mol. The van der Waals surface area contributed by atoms with Gasteiger partial charge in [-0.3, -0.25) is 4.79 Å². The maximum Gasteiger partial charge on any atom is 0.251 e. The van der Waals surface area contributed by atoms with Gasteiger partial charge in [0.05, 0.1) is 19.3 Å². The monoisotopic (exact) mass is 289 g/mol. The van der Waals surface area contributed by atoms with Crippen LogP contribution >= 0.6 is 0 Å². The molecule has 21 heavy (non-hydrogen) atoms. The molecule has 1 unspecified atom stereocenters. The largest absolute Gasteiger partial charge is 0.395 e. The van der Waals surface area contributed by atoms with Crippen LogP contribution in [0.2, 0.25) is 0 Å². The number of hydrogen-bond donors (Lipinski definition) is 2. The predicted molar refractivity (Wildman–Crippen MR) is 83.2 cm³/mol. The fraction of sp³-hybridized carbons (Fsp3) is 0.471. The van der Waals surface area contributed by atoms with Crippen molar-refractivity contribution in [1.82, 2.24) is 5.32 Å². The van der Waals surface area contributed by atoms with Crippen LogP contribution in [0.1, 0.15) is 41.3 Å². The van der Waals surface area contributed by atoms with E-state index in [0.717, 1.165) is 17.5 Å². The van der Waals surface area contributed by atoms with Crippen LogP contribution in [0.4, 0.5) is 0 Å². The van der Waals surface area contributed by atoms with E-state index in [1.54, 1.807) is 19.2 Å². The molecular formula is C17H23NO3. The Hall–Kier alpha value is -1.83. The summed E-state index contributed by atoms with van der Waals surface area (Å²) in [5.74, 6) is 5.74. The second-order valence-electron chi connectivity index (χ2n) is 4.84. The summed E-state index contributed by atoms with van der Waals surface area (Å²) >= 11 is 0. The first-order valence-electron chi connectivity index (χ1n) is 7.12. The molecule has 4 heteroatoms. The molecule has 1 atom stereocenters. The van der Waals surface area contributed by atoms with Gasteiger partial charge in [0.25, 0.3) is 5.91 Å². The average Bonchev–Trinajstić information content (AvgIpc) is 2.48. The van der Waals surface area contributed by atoms with Crippen LogP contribution in [0.5, 0.6) is 0 Å². The summed E-state index contributed by atoms with van der Waals surface area (Å²) in [6.45, 7) is 4.49. The second-order valence-corrected chi connectivity index (χ2v) is 4.84. The van der Waals surface area contributed by atoms with Crippen molar-refractivity contribution >= 4 is 5.91 Å². The summed E-state index contributed by atoms with van der Waals surface area (Å²) in [5.41, 5.74) is 2.42.